The molecule has 0 amide bonds. The second kappa shape index (κ2) is 14.9. The van der Waals surface area contributed by atoms with E-state index in [2.05, 4.69) is 0 Å². The summed E-state index contributed by atoms with van der Waals surface area (Å²) in [6.07, 6.45) is 0.171. The van der Waals surface area contributed by atoms with E-state index in [0.29, 0.717) is 11.1 Å². The zero-order valence-electron chi connectivity index (χ0n) is 18.0. The van der Waals surface area contributed by atoms with Crippen molar-refractivity contribution in [1.82, 2.24) is 0 Å². The molecule has 0 spiro atoms. The van der Waals surface area contributed by atoms with E-state index < -0.39 is 41.6 Å². The van der Waals surface area contributed by atoms with Crippen LogP contribution in [0, 0.1) is 0 Å². The average Bonchev–Trinajstić information content (AvgIpc) is 2.62. The summed E-state index contributed by atoms with van der Waals surface area (Å²) in [5.41, 5.74) is 0.752. The number of halogens is 2. The molecule has 0 aliphatic rings. The van der Waals surface area contributed by atoms with Gasteiger partial charge in [-0.25, -0.2) is 25.3 Å². The van der Waals surface area contributed by atoms with E-state index in [1.54, 1.807) is 0 Å². The van der Waals surface area contributed by atoms with Gasteiger partial charge in [0.15, 0.2) is 0 Å². The monoisotopic (exact) mass is 606 g/mol. The van der Waals surface area contributed by atoms with Gasteiger partial charge < -0.3 is 9.11 Å². The number of aryl methyl sites for hydroxylation is 2. The standard InChI is InChI=1S/C18H20Cl2O8S3.2K/c19-17-7-5-15(11-13(17)3-1-9-29(21,22)23)31(27,28)16-6-8-18(20)14(12-16)4-2-10-30(24,25)26;;/h5-8,11-12H,1-4,9-10H2,(H,21,22,23)(H,24,25,26);;/q;2*+1/p-2. The van der Waals surface area contributed by atoms with Crippen molar-refractivity contribution in [3.63, 3.8) is 0 Å². The van der Waals surface area contributed by atoms with Crippen LogP contribution in [0.25, 0.3) is 0 Å². The Bertz CT molecular complexity index is 1190. The third-order valence-corrected chi connectivity index (χ3v) is 8.40. The van der Waals surface area contributed by atoms with Crippen LogP contribution in [0.2, 0.25) is 10.0 Å². The van der Waals surface area contributed by atoms with Crippen LogP contribution in [-0.4, -0.2) is 45.9 Å². The maximum atomic E-state index is 13.0. The molecule has 0 aliphatic carbocycles. The van der Waals surface area contributed by atoms with Crippen molar-refractivity contribution in [2.24, 2.45) is 0 Å². The Morgan fingerprint density at radius 1 is 0.636 bits per heavy atom. The summed E-state index contributed by atoms with van der Waals surface area (Å²) in [5.74, 6) is -1.19. The molecule has 172 valence electrons. The van der Waals surface area contributed by atoms with Crippen molar-refractivity contribution < 1.29 is 137 Å². The van der Waals surface area contributed by atoms with E-state index in [4.69, 9.17) is 23.2 Å². The maximum absolute atomic E-state index is 13.0. The van der Waals surface area contributed by atoms with E-state index >= 15 is 0 Å². The van der Waals surface area contributed by atoms with Crippen molar-refractivity contribution in [2.45, 2.75) is 35.5 Å². The second-order valence-corrected chi connectivity index (χ2v) is 12.6. The van der Waals surface area contributed by atoms with Crippen molar-refractivity contribution >= 4 is 53.3 Å². The van der Waals surface area contributed by atoms with Gasteiger partial charge in [-0.2, -0.15) is 0 Å². The molecule has 33 heavy (non-hydrogen) atoms. The first-order chi connectivity index (χ1) is 14.2. The van der Waals surface area contributed by atoms with Gasteiger partial charge in [-0.05, 0) is 73.2 Å². The third-order valence-electron chi connectivity index (χ3n) is 4.34. The number of hydrogen-bond acceptors (Lipinski definition) is 8. The molecule has 0 atom stereocenters. The molecule has 0 aromatic heterocycles. The molecule has 2 aromatic carbocycles. The Hall–Kier alpha value is 2.06. The smallest absolute Gasteiger partial charge is 0.748 e. The molecule has 15 heteroatoms. The van der Waals surface area contributed by atoms with Crippen LogP contribution in [0.15, 0.2) is 46.2 Å². The van der Waals surface area contributed by atoms with Crippen LogP contribution in [0.5, 0.6) is 0 Å². The summed E-state index contributed by atoms with van der Waals surface area (Å²) in [6, 6.07) is 7.95. The van der Waals surface area contributed by atoms with Crippen LogP contribution >= 0.6 is 23.2 Å². The maximum Gasteiger partial charge on any atom is 1.00 e. The van der Waals surface area contributed by atoms with Gasteiger partial charge in [0.2, 0.25) is 9.84 Å². The fourth-order valence-electron chi connectivity index (χ4n) is 2.83. The summed E-state index contributed by atoms with van der Waals surface area (Å²) in [6.45, 7) is 0. The predicted octanol–water partition coefficient (Wildman–Crippen LogP) is -3.21. The van der Waals surface area contributed by atoms with Crippen molar-refractivity contribution in [1.29, 1.82) is 0 Å². The normalized spacial score (nSPS) is 12.0. The van der Waals surface area contributed by atoms with E-state index in [0.717, 1.165) is 0 Å². The SMILES string of the molecule is O=S(=O)([O-])CCCc1cc(S(=O)(=O)c2ccc(Cl)c(CCCS(=O)(=O)[O-])c2)ccc1Cl.[K+].[K+]. The molecule has 8 nitrogen and oxygen atoms in total. The molecule has 2 rings (SSSR count). The number of rotatable bonds is 10. The molecule has 0 aliphatic heterocycles. The molecule has 0 fully saturated rings. The molecule has 0 N–H and O–H groups in total. The van der Waals surface area contributed by atoms with Crippen LogP contribution < -0.4 is 103 Å². The Kier molecular flexibility index (Phi) is 15.8. The predicted molar refractivity (Wildman–Crippen MR) is 114 cm³/mol. The van der Waals surface area contributed by atoms with E-state index in [9.17, 15) is 34.4 Å². The van der Waals surface area contributed by atoms with E-state index in [1.165, 1.54) is 36.4 Å². The van der Waals surface area contributed by atoms with Crippen LogP contribution in [0.3, 0.4) is 0 Å². The first-order valence-electron chi connectivity index (χ1n) is 8.88. The minimum Gasteiger partial charge on any atom is -0.748 e. The van der Waals surface area contributed by atoms with Crippen molar-refractivity contribution in [3.05, 3.63) is 57.6 Å². The van der Waals surface area contributed by atoms with Crippen LogP contribution in [-0.2, 0) is 42.9 Å². The Morgan fingerprint density at radius 2 is 0.970 bits per heavy atom. The minimum atomic E-state index is -4.40. The molecule has 0 saturated heterocycles. The number of sulfone groups is 1. The number of hydrogen-bond donors (Lipinski definition) is 0. The quantitative estimate of drug-likeness (QED) is 0.203. The number of benzene rings is 2. The third kappa shape index (κ3) is 12.0. The van der Waals surface area contributed by atoms with Crippen molar-refractivity contribution in [2.75, 3.05) is 11.5 Å². The van der Waals surface area contributed by atoms with E-state index in [-0.39, 0.29) is 148 Å². The Balaban J connectivity index is 0.00000512. The molecular formula is C18H18Cl2K2O8S3. The summed E-state index contributed by atoms with van der Waals surface area (Å²) < 4.78 is 90.7. The average molecular weight is 608 g/mol. The van der Waals surface area contributed by atoms with E-state index in [1.807, 2.05) is 0 Å². The van der Waals surface area contributed by atoms with Crippen LogP contribution in [0.4, 0.5) is 0 Å². The summed E-state index contributed by atoms with van der Waals surface area (Å²) in [5, 5.41) is 0.468. The molecule has 0 radical (unpaired) electrons. The Morgan fingerprint density at radius 3 is 1.27 bits per heavy atom. The fourth-order valence-corrected chi connectivity index (χ4v) is 5.62. The molecular weight excluding hydrogens is 589 g/mol. The molecule has 2 aromatic rings. The zero-order valence-corrected chi connectivity index (χ0v) is 28.2. The van der Waals surface area contributed by atoms with Gasteiger partial charge in [-0.1, -0.05) is 23.2 Å². The summed E-state index contributed by atoms with van der Waals surface area (Å²) in [4.78, 5) is -0.181. The molecule has 0 saturated carbocycles. The van der Waals surface area contributed by atoms with Crippen molar-refractivity contribution in [3.8, 4) is 0 Å². The first kappa shape index (κ1) is 35.1. The summed E-state index contributed by atoms with van der Waals surface area (Å²) in [7, 11) is -12.8. The second-order valence-electron chi connectivity index (χ2n) is 6.74. The fraction of sp³-hybridized carbons (Fsp3) is 0.333. The molecule has 0 heterocycles. The van der Waals surface area contributed by atoms with Gasteiger partial charge in [0.05, 0.1) is 30.0 Å². The van der Waals surface area contributed by atoms with Gasteiger partial charge >= 0.3 is 103 Å². The van der Waals surface area contributed by atoms with Gasteiger partial charge in [-0.3, -0.25) is 0 Å². The largest absolute Gasteiger partial charge is 1.00 e. The molecule has 0 unspecified atom stereocenters. The topological polar surface area (TPSA) is 149 Å². The van der Waals surface area contributed by atoms with Gasteiger partial charge in [0.25, 0.3) is 0 Å². The summed E-state index contributed by atoms with van der Waals surface area (Å²) >= 11 is 12.1. The zero-order chi connectivity index (χ0) is 23.4. The van der Waals surface area contributed by atoms with Crippen LogP contribution in [0.1, 0.15) is 24.0 Å². The minimum absolute atomic E-state index is 0. The van der Waals surface area contributed by atoms with Gasteiger partial charge in [0.1, 0.15) is 0 Å². The van der Waals surface area contributed by atoms with Gasteiger partial charge in [0, 0.05) is 21.6 Å². The first-order valence-corrected chi connectivity index (χ1v) is 14.3. The van der Waals surface area contributed by atoms with Gasteiger partial charge in [-0.15, -0.1) is 0 Å². The Labute approximate surface area is 289 Å². The molecule has 0 bridgehead atoms.